The second-order valence-corrected chi connectivity index (χ2v) is 4.30. The van der Waals surface area contributed by atoms with Gasteiger partial charge in [-0.15, -0.1) is 0 Å². The summed E-state index contributed by atoms with van der Waals surface area (Å²) >= 11 is 0. The molecule has 0 N–H and O–H groups in total. The van der Waals surface area contributed by atoms with Gasteiger partial charge in [-0.25, -0.2) is 4.79 Å². The third-order valence-corrected chi connectivity index (χ3v) is 2.14. The summed E-state index contributed by atoms with van der Waals surface area (Å²) in [4.78, 5) is 13.4. The van der Waals surface area contributed by atoms with Gasteiger partial charge in [0, 0.05) is 32.8 Å². The molecule has 0 rings (SSSR count). The molecule has 0 radical (unpaired) electrons. The van der Waals surface area contributed by atoms with Crippen LogP contribution in [0.5, 0.6) is 0 Å². The maximum Gasteiger partial charge on any atom is 0.330 e. The Bertz CT molecular complexity index is 227. The molecule has 0 saturated heterocycles. The molecule has 0 aromatic carbocycles. The first kappa shape index (κ1) is 16.1. The summed E-state index contributed by atoms with van der Waals surface area (Å²) < 4.78 is 9.88. The number of hydrogen-bond acceptors (Lipinski definition) is 4. The fourth-order valence-corrected chi connectivity index (χ4v) is 1.48. The third-order valence-electron chi connectivity index (χ3n) is 2.14. The van der Waals surface area contributed by atoms with Crippen LogP contribution in [0.15, 0.2) is 12.2 Å². The Morgan fingerprint density at radius 2 is 2.12 bits per heavy atom. The lowest BCUT2D eigenvalue weighted by Gasteiger charge is -2.22. The monoisotopic (exact) mass is 243 g/mol. The summed E-state index contributed by atoms with van der Waals surface area (Å²) in [6.45, 7) is 9.90. The number of methoxy groups -OCH3 is 1. The molecule has 100 valence electrons. The lowest BCUT2D eigenvalue weighted by atomic mass is 10.2. The molecule has 0 unspecified atom stereocenters. The zero-order valence-corrected chi connectivity index (χ0v) is 11.4. The largest absolute Gasteiger partial charge is 0.463 e. The smallest absolute Gasteiger partial charge is 0.330 e. The highest BCUT2D eigenvalue weighted by molar-refractivity contribution is 5.81. The van der Waals surface area contributed by atoms with Crippen LogP contribution >= 0.6 is 0 Å². The Kier molecular flexibility index (Phi) is 9.77. The Hall–Kier alpha value is -0.870. The normalized spacial score (nSPS) is 11.6. The average molecular weight is 243 g/mol. The summed E-state index contributed by atoms with van der Waals surface area (Å²) in [5.41, 5.74) is 0. The predicted octanol–water partition coefficient (Wildman–Crippen LogP) is 1.71. The van der Waals surface area contributed by atoms with Crippen LogP contribution in [-0.2, 0) is 14.3 Å². The maximum absolute atomic E-state index is 11.1. The molecule has 0 fully saturated rings. The fraction of sp³-hybridized carbons (Fsp3) is 0.769. The standard InChI is InChI=1S/C13H25NO3/c1-5-17-13(15)7-6-8-14(9-10-16-4)11-12(2)3/h6-7,12H,5,8-11H2,1-4H3/b7-6+. The zero-order chi connectivity index (χ0) is 13.1. The van der Waals surface area contributed by atoms with Gasteiger partial charge in [-0.3, -0.25) is 4.90 Å². The SMILES string of the molecule is CCOC(=O)/C=C/CN(CCOC)CC(C)C. The quantitative estimate of drug-likeness (QED) is 0.456. The van der Waals surface area contributed by atoms with Crippen molar-refractivity contribution in [1.82, 2.24) is 4.90 Å². The van der Waals surface area contributed by atoms with Gasteiger partial charge >= 0.3 is 5.97 Å². The van der Waals surface area contributed by atoms with E-state index in [4.69, 9.17) is 9.47 Å². The van der Waals surface area contributed by atoms with Crippen molar-refractivity contribution in [2.24, 2.45) is 5.92 Å². The Balaban J connectivity index is 4.00. The van der Waals surface area contributed by atoms with E-state index in [0.717, 1.165) is 19.6 Å². The van der Waals surface area contributed by atoms with Gasteiger partial charge in [0.05, 0.1) is 13.2 Å². The molecule has 4 nitrogen and oxygen atoms in total. The number of carbonyl (C=O) groups is 1. The molecule has 0 spiro atoms. The lowest BCUT2D eigenvalue weighted by molar-refractivity contribution is -0.137. The van der Waals surface area contributed by atoms with Gasteiger partial charge in [0.1, 0.15) is 0 Å². The number of hydrogen-bond donors (Lipinski definition) is 0. The molecule has 4 heteroatoms. The lowest BCUT2D eigenvalue weighted by Crippen LogP contribution is -2.31. The molecule has 0 aromatic heterocycles. The van der Waals surface area contributed by atoms with Crippen molar-refractivity contribution in [1.29, 1.82) is 0 Å². The number of nitrogens with zero attached hydrogens (tertiary/aromatic N) is 1. The molecular weight excluding hydrogens is 218 g/mol. The van der Waals surface area contributed by atoms with Crippen molar-refractivity contribution in [3.8, 4) is 0 Å². The van der Waals surface area contributed by atoms with Gasteiger partial charge in [0.15, 0.2) is 0 Å². The number of carbonyl (C=O) groups excluding carboxylic acids is 1. The van der Waals surface area contributed by atoms with Crippen LogP contribution in [0.3, 0.4) is 0 Å². The van der Waals surface area contributed by atoms with Crippen molar-refractivity contribution >= 4 is 5.97 Å². The minimum atomic E-state index is -0.274. The van der Waals surface area contributed by atoms with Crippen LogP contribution in [0.2, 0.25) is 0 Å². The summed E-state index contributed by atoms with van der Waals surface area (Å²) in [7, 11) is 1.70. The van der Waals surface area contributed by atoms with Crippen molar-refractivity contribution in [2.45, 2.75) is 20.8 Å². The van der Waals surface area contributed by atoms with Gasteiger partial charge < -0.3 is 9.47 Å². The predicted molar refractivity (Wildman–Crippen MR) is 68.9 cm³/mol. The molecule has 0 amide bonds. The highest BCUT2D eigenvalue weighted by Crippen LogP contribution is 1.99. The average Bonchev–Trinajstić information content (AvgIpc) is 2.25. The zero-order valence-electron chi connectivity index (χ0n) is 11.4. The highest BCUT2D eigenvalue weighted by atomic mass is 16.5. The van der Waals surface area contributed by atoms with Crippen molar-refractivity contribution < 1.29 is 14.3 Å². The van der Waals surface area contributed by atoms with Crippen LogP contribution in [0.25, 0.3) is 0 Å². The van der Waals surface area contributed by atoms with Crippen molar-refractivity contribution in [3.63, 3.8) is 0 Å². The number of rotatable bonds is 9. The first-order valence-corrected chi connectivity index (χ1v) is 6.14. The Labute approximate surface area is 105 Å². The Morgan fingerprint density at radius 3 is 2.65 bits per heavy atom. The van der Waals surface area contributed by atoms with Gasteiger partial charge in [-0.2, -0.15) is 0 Å². The van der Waals surface area contributed by atoms with Gasteiger partial charge in [-0.05, 0) is 12.8 Å². The molecule has 0 saturated carbocycles. The van der Waals surface area contributed by atoms with E-state index in [2.05, 4.69) is 18.7 Å². The van der Waals surface area contributed by atoms with Gasteiger partial charge in [0.2, 0.25) is 0 Å². The molecular formula is C13H25NO3. The van der Waals surface area contributed by atoms with Crippen LogP contribution in [0.4, 0.5) is 0 Å². The summed E-state index contributed by atoms with van der Waals surface area (Å²) in [5, 5.41) is 0. The minimum absolute atomic E-state index is 0.274. The summed E-state index contributed by atoms with van der Waals surface area (Å²) in [6.07, 6.45) is 3.33. The number of esters is 1. The van der Waals surface area contributed by atoms with E-state index in [-0.39, 0.29) is 5.97 Å². The molecule has 17 heavy (non-hydrogen) atoms. The van der Waals surface area contributed by atoms with Crippen LogP contribution in [-0.4, -0.2) is 50.8 Å². The second kappa shape index (κ2) is 10.3. The third kappa shape index (κ3) is 10.0. The van der Waals surface area contributed by atoms with E-state index in [1.165, 1.54) is 6.08 Å². The van der Waals surface area contributed by atoms with Crippen LogP contribution < -0.4 is 0 Å². The van der Waals surface area contributed by atoms with Crippen LogP contribution in [0, 0.1) is 5.92 Å². The fourth-order valence-electron chi connectivity index (χ4n) is 1.48. The molecule has 0 bridgehead atoms. The molecule has 0 atom stereocenters. The maximum atomic E-state index is 11.1. The van der Waals surface area contributed by atoms with Gasteiger partial charge in [0.25, 0.3) is 0 Å². The molecule has 0 aromatic rings. The van der Waals surface area contributed by atoms with E-state index in [9.17, 15) is 4.79 Å². The van der Waals surface area contributed by atoms with E-state index in [1.807, 2.05) is 6.08 Å². The number of ether oxygens (including phenoxy) is 2. The first-order valence-electron chi connectivity index (χ1n) is 6.14. The van der Waals surface area contributed by atoms with Crippen molar-refractivity contribution in [2.75, 3.05) is 40.0 Å². The van der Waals surface area contributed by atoms with E-state index >= 15 is 0 Å². The van der Waals surface area contributed by atoms with Crippen LogP contribution in [0.1, 0.15) is 20.8 Å². The summed E-state index contributed by atoms with van der Waals surface area (Å²) in [6, 6.07) is 0. The molecule has 0 heterocycles. The van der Waals surface area contributed by atoms with E-state index < -0.39 is 0 Å². The molecule has 0 aliphatic rings. The molecule has 0 aliphatic carbocycles. The van der Waals surface area contributed by atoms with Crippen molar-refractivity contribution in [3.05, 3.63) is 12.2 Å². The second-order valence-electron chi connectivity index (χ2n) is 4.30. The Morgan fingerprint density at radius 1 is 1.41 bits per heavy atom. The minimum Gasteiger partial charge on any atom is -0.463 e. The van der Waals surface area contributed by atoms with E-state index in [1.54, 1.807) is 14.0 Å². The first-order chi connectivity index (χ1) is 8.10. The van der Waals surface area contributed by atoms with E-state index in [0.29, 0.717) is 19.1 Å². The highest BCUT2D eigenvalue weighted by Gasteiger charge is 2.05. The summed E-state index contributed by atoms with van der Waals surface area (Å²) in [5.74, 6) is 0.326. The topological polar surface area (TPSA) is 38.8 Å². The van der Waals surface area contributed by atoms with Gasteiger partial charge in [-0.1, -0.05) is 19.9 Å². The molecule has 0 aliphatic heterocycles.